The number of nitro benzene ring substituents is 1. The van der Waals surface area contributed by atoms with Gasteiger partial charge in [0.25, 0.3) is 0 Å². The fourth-order valence-electron chi connectivity index (χ4n) is 9.99. The van der Waals surface area contributed by atoms with E-state index in [1.165, 1.54) is 12.1 Å². The number of nitrogens with two attached hydrogens (primary N) is 5. The van der Waals surface area contributed by atoms with Gasteiger partial charge in [0.2, 0.25) is 23.6 Å². The van der Waals surface area contributed by atoms with E-state index < -0.39 is 170 Å². The summed E-state index contributed by atoms with van der Waals surface area (Å²) < 4.78 is 0.345. The zero-order chi connectivity index (χ0) is 66.8. The van der Waals surface area contributed by atoms with Gasteiger partial charge in [0, 0.05) is 24.7 Å². The van der Waals surface area contributed by atoms with E-state index in [0.29, 0.717) is 43.1 Å². The minimum atomic E-state index is -1.42. The molecule has 2 aromatic carbocycles. The summed E-state index contributed by atoms with van der Waals surface area (Å²) in [7, 11) is 0. The molecule has 89 heavy (non-hydrogen) atoms. The standard InChI is InChI=1S/C63H97N11O14Se/c1-38(2)26-44(62(85)71-49(28-40(5)6)55(79)33-43(19-13-15-25-65)61(84)72-51(34-57(67)80)54(78)32-42(59(68)82)18-12-14-24-64)30-46(75)36-70-60(83)45(37-89-56-21-11-10-20-52(56)74(87)88)31-47(76)35-69-58(81)23-22-53(77)50(29-41-16-8-7-9-17-41)73-63(86)48(66)27-39(3)4/h7-11,16-17,20-21,38-40,42-45,48-51H,12-15,18-19,22-37,64-66H2,1-6H3,(H2,67,80)(H2,68,82)(H,69,81)(H,70,83)(H,71,85)(H,72,84)(H,73,86)/t42-,43-,44-,45+,48+,49+,50+,51+/m1/s1. The molecule has 0 unspecified atom stereocenters. The summed E-state index contributed by atoms with van der Waals surface area (Å²) in [5.41, 5.74) is 29.1. The van der Waals surface area contributed by atoms with Crippen LogP contribution in [0.2, 0.25) is 5.32 Å². The first-order chi connectivity index (χ1) is 42.0. The number of nitrogens with one attached hydrogen (secondary N) is 5. The van der Waals surface area contributed by atoms with Crippen LogP contribution in [-0.2, 0) is 64.0 Å². The quantitative estimate of drug-likeness (QED) is 0.0196. The number of benzene rings is 2. The van der Waals surface area contributed by atoms with Gasteiger partial charge in [0.1, 0.15) is 0 Å². The average molecular weight is 1310 g/mol. The van der Waals surface area contributed by atoms with E-state index >= 15 is 0 Å². The Hall–Kier alpha value is -7.12. The molecule has 0 saturated heterocycles. The summed E-state index contributed by atoms with van der Waals surface area (Å²) in [6.45, 7) is 10.7. The van der Waals surface area contributed by atoms with E-state index in [-0.39, 0.29) is 93.1 Å². The van der Waals surface area contributed by atoms with Crippen molar-refractivity contribution in [2.75, 3.05) is 26.2 Å². The van der Waals surface area contributed by atoms with Gasteiger partial charge in [-0.3, -0.25) is 28.8 Å². The molecule has 26 heteroatoms. The predicted octanol–water partition coefficient (Wildman–Crippen LogP) is 2.01. The summed E-state index contributed by atoms with van der Waals surface area (Å²) >= 11 is -0.739. The number of hydrogen-bond acceptors (Lipinski definition) is 17. The van der Waals surface area contributed by atoms with Crippen molar-refractivity contribution in [1.82, 2.24) is 26.6 Å². The Balaban J connectivity index is 2.28. The molecule has 25 nitrogen and oxygen atoms in total. The summed E-state index contributed by atoms with van der Waals surface area (Å²) in [4.78, 5) is 173. The summed E-state index contributed by atoms with van der Waals surface area (Å²) in [5, 5.41) is 25.1. The third kappa shape index (κ3) is 31.8. The molecule has 2 aromatic rings. The summed E-state index contributed by atoms with van der Waals surface area (Å²) in [6, 6.07) is 10.5. The Morgan fingerprint density at radius 3 is 1.62 bits per heavy atom. The second-order valence-corrected chi connectivity index (χ2v) is 26.3. The van der Waals surface area contributed by atoms with Crippen molar-refractivity contribution in [2.24, 2.45) is 70.1 Å². The molecule has 15 N–H and O–H groups in total. The first-order valence-corrected chi connectivity index (χ1v) is 32.8. The SMILES string of the molecule is CC(C)C[C@H](CC(=O)CNC(=O)[C@H](C[Se]c1ccccc1[N+](=O)[O-])CC(=O)CNC(=O)CCC(=O)[C@H](Cc1ccccc1)NC(=O)[C@@H](N)CC(C)C)C(=O)N[C@@H](CC(C)C)C(=O)C[C@@H](CCCCN)C(=O)N[C@@H](CC(N)=O)C(=O)C[C@@H](CCCCN)C(N)=O. The molecular weight excluding hydrogens is 1210 g/mol. The van der Waals surface area contributed by atoms with Crippen LogP contribution in [0.5, 0.6) is 0 Å². The first-order valence-electron chi connectivity index (χ1n) is 30.8. The Morgan fingerprint density at radius 1 is 0.528 bits per heavy atom. The molecule has 8 atom stereocenters. The molecule has 0 fully saturated rings. The Bertz CT molecular complexity index is 2690. The number of Topliss-reactive ketones (excluding diaryl/α,β-unsaturated/α-hetero) is 5. The van der Waals surface area contributed by atoms with Gasteiger partial charge in [0.15, 0.2) is 5.78 Å². The molecule has 0 aromatic heterocycles. The van der Waals surface area contributed by atoms with Crippen LogP contribution in [0.15, 0.2) is 54.6 Å². The number of amides is 7. The van der Waals surface area contributed by atoms with Gasteiger partial charge in [-0.25, -0.2) is 0 Å². The van der Waals surface area contributed by atoms with Gasteiger partial charge < -0.3 is 34.0 Å². The molecule has 0 spiro atoms. The molecule has 0 aliphatic rings. The molecule has 2 rings (SSSR count). The van der Waals surface area contributed by atoms with Crippen molar-refractivity contribution in [3.63, 3.8) is 0 Å². The van der Waals surface area contributed by atoms with Gasteiger partial charge in [-0.05, 0) is 62.6 Å². The maximum absolute atomic E-state index is 14.3. The minimum absolute atomic E-state index is 0.0278. The van der Waals surface area contributed by atoms with Crippen LogP contribution in [0, 0.1) is 51.5 Å². The second-order valence-electron chi connectivity index (χ2n) is 24.1. The monoisotopic (exact) mass is 1310 g/mol. The van der Waals surface area contributed by atoms with Crippen LogP contribution in [0.4, 0.5) is 5.69 Å². The van der Waals surface area contributed by atoms with Gasteiger partial charge >= 0.3 is 262 Å². The normalized spacial score (nSPS) is 14.0. The molecule has 0 aliphatic carbocycles. The van der Waals surface area contributed by atoms with Crippen molar-refractivity contribution in [1.29, 1.82) is 0 Å². The molecule has 0 bridgehead atoms. The number of hydrogen-bond donors (Lipinski definition) is 10. The number of rotatable bonds is 48. The number of carbonyl (C=O) groups is 12. The Morgan fingerprint density at radius 2 is 1.04 bits per heavy atom. The van der Waals surface area contributed by atoms with Crippen molar-refractivity contribution in [3.8, 4) is 0 Å². The number of primary amides is 2. The third-order valence-corrected chi connectivity index (χ3v) is 17.3. The van der Waals surface area contributed by atoms with Crippen molar-refractivity contribution in [2.45, 2.75) is 180 Å². The number of unbranched alkanes of at least 4 members (excludes halogenated alkanes) is 2. The number of nitrogens with zero attached hydrogens (tertiary/aromatic N) is 1. The van der Waals surface area contributed by atoms with Gasteiger partial charge in [-0.15, -0.1) is 0 Å². The zero-order valence-corrected chi connectivity index (χ0v) is 54.3. The van der Waals surface area contributed by atoms with Crippen molar-refractivity contribution < 1.29 is 62.5 Å². The van der Waals surface area contributed by atoms with Crippen LogP contribution in [0.3, 0.4) is 0 Å². The zero-order valence-electron chi connectivity index (χ0n) is 52.6. The number of nitro groups is 1. The molecule has 7 amide bonds. The average Bonchev–Trinajstić information content (AvgIpc) is 3.11. The fraction of sp³-hybridized carbons (Fsp3) is 0.619. The number of carbonyl (C=O) groups excluding carboxylic acids is 12. The van der Waals surface area contributed by atoms with Crippen molar-refractivity contribution >= 4 is 95.4 Å². The van der Waals surface area contributed by atoms with Crippen LogP contribution in [0.25, 0.3) is 0 Å². The topological polar surface area (TPSA) is 438 Å². The second kappa shape index (κ2) is 42.0. The summed E-state index contributed by atoms with van der Waals surface area (Å²) in [5.74, 6) is -11.9. The minimum Gasteiger partial charge on any atom is -0.370 e. The van der Waals surface area contributed by atoms with Crippen LogP contribution in [-0.4, -0.2) is 140 Å². The van der Waals surface area contributed by atoms with E-state index in [1.54, 1.807) is 36.4 Å². The van der Waals surface area contributed by atoms with E-state index in [4.69, 9.17) is 28.7 Å². The number of ketones is 5. The van der Waals surface area contributed by atoms with Crippen LogP contribution in [0.1, 0.15) is 150 Å². The van der Waals surface area contributed by atoms with Gasteiger partial charge in [0.05, 0.1) is 18.5 Å². The smallest absolute Gasteiger partial charge is 0.370 e. The molecule has 0 saturated carbocycles. The van der Waals surface area contributed by atoms with E-state index in [9.17, 15) is 67.6 Å². The third-order valence-electron chi connectivity index (χ3n) is 14.7. The predicted molar refractivity (Wildman–Crippen MR) is 337 cm³/mol. The van der Waals surface area contributed by atoms with Crippen molar-refractivity contribution in [3.05, 3.63) is 70.3 Å². The first kappa shape index (κ1) is 78.0. The van der Waals surface area contributed by atoms with Gasteiger partial charge in [-0.2, -0.15) is 0 Å². The molecule has 0 radical (unpaired) electrons. The van der Waals surface area contributed by atoms with E-state index in [0.717, 1.165) is 5.56 Å². The summed E-state index contributed by atoms with van der Waals surface area (Å²) in [6.07, 6.45) is 0.482. The molecule has 0 heterocycles. The molecule has 494 valence electrons. The molecule has 0 aliphatic heterocycles. The van der Waals surface area contributed by atoms with Gasteiger partial charge in [-0.1, -0.05) is 70.9 Å². The fourth-order valence-corrected chi connectivity index (χ4v) is 12.3. The van der Waals surface area contributed by atoms with Crippen LogP contribution >= 0.6 is 0 Å². The van der Waals surface area contributed by atoms with E-state index in [1.807, 2.05) is 47.6 Å². The Labute approximate surface area is 528 Å². The van der Waals surface area contributed by atoms with E-state index in [2.05, 4.69) is 26.6 Å². The molecular formula is C63H97N11O14Se. The maximum atomic E-state index is 14.3. The number of para-hydroxylation sites is 1. The van der Waals surface area contributed by atoms with Crippen LogP contribution < -0.4 is 59.7 Å². The Kier molecular flexibility index (Phi) is 36.8.